The van der Waals surface area contributed by atoms with E-state index in [-0.39, 0.29) is 47.3 Å². The van der Waals surface area contributed by atoms with Crippen molar-refractivity contribution in [3.63, 3.8) is 0 Å². The van der Waals surface area contributed by atoms with Gasteiger partial charge in [-0.05, 0) is 24.3 Å². The predicted molar refractivity (Wildman–Crippen MR) is 87.6 cm³/mol. The molecule has 0 amide bonds. The van der Waals surface area contributed by atoms with Gasteiger partial charge in [0.05, 0.1) is 24.3 Å². The number of hydrogen-bond acceptors (Lipinski definition) is 8. The van der Waals surface area contributed by atoms with Gasteiger partial charge in [0.15, 0.2) is 0 Å². The zero-order valence-electron chi connectivity index (χ0n) is 13.3. The van der Waals surface area contributed by atoms with Crippen LogP contribution in [0.25, 0.3) is 0 Å². The number of rotatable bonds is 3. The Bertz CT molecular complexity index is 638. The first-order chi connectivity index (χ1) is 12.1. The summed E-state index contributed by atoms with van der Waals surface area (Å²) >= 11 is 0. The Morgan fingerprint density at radius 2 is 0.808 bits per heavy atom. The fraction of sp³-hybridized carbons (Fsp3) is 0.125. The molecule has 0 aliphatic rings. The zero-order chi connectivity index (χ0) is 20.3. The first-order valence-corrected chi connectivity index (χ1v) is 6.85. The normalized spacial score (nSPS) is 9.15. The molecule has 142 valence electrons. The van der Waals surface area contributed by atoms with E-state index in [4.69, 9.17) is 40.9 Å². The third kappa shape index (κ3) is 8.96. The van der Waals surface area contributed by atoms with Gasteiger partial charge >= 0.3 is 11.9 Å². The molecule has 0 aliphatic carbocycles. The van der Waals surface area contributed by atoms with Crippen LogP contribution in [0.2, 0.25) is 0 Å². The summed E-state index contributed by atoms with van der Waals surface area (Å²) in [4.78, 5) is 20.6. The van der Waals surface area contributed by atoms with E-state index in [1.807, 2.05) is 0 Å². The van der Waals surface area contributed by atoms with Crippen LogP contribution in [0, 0.1) is 0 Å². The molecule has 2 aromatic carbocycles. The average molecular weight is 370 g/mol. The molecule has 0 heterocycles. The highest BCUT2D eigenvalue weighted by Crippen LogP contribution is 2.20. The number of phenolic OH excluding ortho intramolecular Hbond substituents is 4. The monoisotopic (exact) mass is 370 g/mol. The third-order valence-electron chi connectivity index (χ3n) is 2.40. The third-order valence-corrected chi connectivity index (χ3v) is 2.40. The minimum atomic E-state index is -1.18. The van der Waals surface area contributed by atoms with Gasteiger partial charge in [-0.2, -0.15) is 0 Å². The second-order valence-electron chi connectivity index (χ2n) is 4.53. The lowest BCUT2D eigenvalue weighted by Crippen LogP contribution is -1.94. The maximum Gasteiger partial charge on any atom is 0.335 e. The summed E-state index contributed by atoms with van der Waals surface area (Å²) in [5, 5.41) is 67.4. The number of phenols is 4. The van der Waals surface area contributed by atoms with Crippen molar-refractivity contribution in [1.29, 1.82) is 0 Å². The van der Waals surface area contributed by atoms with E-state index in [2.05, 4.69) is 0 Å². The Labute approximate surface area is 147 Å². The summed E-state index contributed by atoms with van der Waals surface area (Å²) in [5.74, 6) is -3.41. The molecule has 2 rings (SSSR count). The van der Waals surface area contributed by atoms with Gasteiger partial charge < -0.3 is 40.9 Å². The molecule has 0 aromatic heterocycles. The Hall–Kier alpha value is -3.50. The maximum atomic E-state index is 10.3. The smallest absolute Gasteiger partial charge is 0.335 e. The van der Waals surface area contributed by atoms with Crippen LogP contribution in [0.5, 0.6) is 23.0 Å². The number of aliphatic hydroxyl groups excluding tert-OH is 2. The first kappa shape index (κ1) is 22.5. The van der Waals surface area contributed by atoms with Crippen LogP contribution in [-0.4, -0.2) is 66.0 Å². The Morgan fingerprint density at radius 1 is 0.577 bits per heavy atom. The molecule has 10 heteroatoms. The van der Waals surface area contributed by atoms with Crippen LogP contribution in [0.3, 0.4) is 0 Å². The van der Waals surface area contributed by atoms with Gasteiger partial charge in [0.25, 0.3) is 0 Å². The lowest BCUT2D eigenvalue weighted by atomic mass is 10.2. The van der Waals surface area contributed by atoms with Crippen molar-refractivity contribution in [2.75, 3.05) is 13.2 Å². The summed E-state index contributed by atoms with van der Waals surface area (Å²) in [7, 11) is 0. The fourth-order valence-electron chi connectivity index (χ4n) is 1.44. The molecule has 0 saturated carbocycles. The molecule has 2 aromatic rings. The maximum absolute atomic E-state index is 10.3. The molecule has 0 unspecified atom stereocenters. The van der Waals surface area contributed by atoms with Gasteiger partial charge in [-0.1, -0.05) is 0 Å². The second kappa shape index (κ2) is 11.1. The quantitative estimate of drug-likeness (QED) is 0.378. The Balaban J connectivity index is 0.000000401. The van der Waals surface area contributed by atoms with Crippen molar-refractivity contribution in [3.05, 3.63) is 47.5 Å². The van der Waals surface area contributed by atoms with Gasteiger partial charge in [0, 0.05) is 12.1 Å². The number of hydrogen-bond donors (Lipinski definition) is 8. The number of aliphatic hydroxyl groups is 2. The zero-order valence-corrected chi connectivity index (χ0v) is 13.3. The van der Waals surface area contributed by atoms with Crippen LogP contribution in [0.4, 0.5) is 0 Å². The van der Waals surface area contributed by atoms with Crippen LogP contribution in [0.1, 0.15) is 20.7 Å². The molecule has 0 saturated heterocycles. The van der Waals surface area contributed by atoms with E-state index in [1.165, 1.54) is 0 Å². The van der Waals surface area contributed by atoms with Crippen LogP contribution >= 0.6 is 0 Å². The van der Waals surface area contributed by atoms with Crippen molar-refractivity contribution < 1.29 is 50.4 Å². The average Bonchev–Trinajstić information content (AvgIpc) is 2.53. The summed E-state index contributed by atoms with van der Waals surface area (Å²) in [6, 6.07) is 6.35. The van der Waals surface area contributed by atoms with Crippen molar-refractivity contribution in [2.45, 2.75) is 0 Å². The number of carboxylic acid groups (broad SMARTS) is 2. The SMILES string of the molecule is O=C(O)c1cc(O)cc(O)c1.O=C(O)c1cc(O)cc(O)c1.OCCO. The van der Waals surface area contributed by atoms with Crippen molar-refractivity contribution in [2.24, 2.45) is 0 Å². The molecule has 0 fully saturated rings. The predicted octanol–water partition coefficient (Wildman–Crippen LogP) is 0.563. The molecular formula is C16H18O10. The van der Waals surface area contributed by atoms with Gasteiger partial charge in [0.2, 0.25) is 0 Å². The van der Waals surface area contributed by atoms with Crippen LogP contribution < -0.4 is 0 Å². The highest BCUT2D eigenvalue weighted by atomic mass is 16.4. The molecule has 0 spiro atoms. The van der Waals surface area contributed by atoms with Gasteiger partial charge in [-0.25, -0.2) is 9.59 Å². The lowest BCUT2D eigenvalue weighted by molar-refractivity contribution is 0.0685. The van der Waals surface area contributed by atoms with Gasteiger partial charge in [-0.15, -0.1) is 0 Å². The van der Waals surface area contributed by atoms with E-state index in [0.29, 0.717) is 0 Å². The molecule has 0 aliphatic heterocycles. The summed E-state index contributed by atoms with van der Waals surface area (Å²) < 4.78 is 0. The number of benzene rings is 2. The summed E-state index contributed by atoms with van der Waals surface area (Å²) in [6.07, 6.45) is 0. The van der Waals surface area contributed by atoms with E-state index in [9.17, 15) is 9.59 Å². The Kier molecular flexibility index (Phi) is 9.63. The molecule has 8 N–H and O–H groups in total. The van der Waals surface area contributed by atoms with E-state index < -0.39 is 11.9 Å². The van der Waals surface area contributed by atoms with E-state index in [0.717, 1.165) is 36.4 Å². The molecule has 10 nitrogen and oxygen atoms in total. The van der Waals surface area contributed by atoms with Crippen molar-refractivity contribution in [1.82, 2.24) is 0 Å². The standard InChI is InChI=1S/2C7H6O4.C2H6O2/c2*8-5-1-4(7(10)11)2-6(9)3-5;3-1-2-4/h2*1-3,8-9H,(H,10,11);3-4H,1-2H2. The van der Waals surface area contributed by atoms with E-state index in [1.54, 1.807) is 0 Å². The molecular weight excluding hydrogens is 352 g/mol. The highest BCUT2D eigenvalue weighted by molar-refractivity contribution is 5.89. The molecule has 0 bridgehead atoms. The largest absolute Gasteiger partial charge is 0.508 e. The van der Waals surface area contributed by atoms with Crippen LogP contribution in [0.15, 0.2) is 36.4 Å². The minimum Gasteiger partial charge on any atom is -0.508 e. The first-order valence-electron chi connectivity index (χ1n) is 6.85. The minimum absolute atomic E-state index is 0.125. The molecule has 26 heavy (non-hydrogen) atoms. The summed E-state index contributed by atoms with van der Waals surface area (Å²) in [5.41, 5.74) is -0.273. The topological polar surface area (TPSA) is 196 Å². The Morgan fingerprint density at radius 3 is 0.962 bits per heavy atom. The molecule has 0 radical (unpaired) electrons. The van der Waals surface area contributed by atoms with Gasteiger partial charge in [0.1, 0.15) is 23.0 Å². The lowest BCUT2D eigenvalue weighted by Gasteiger charge is -1.96. The second-order valence-corrected chi connectivity index (χ2v) is 4.53. The summed E-state index contributed by atoms with van der Waals surface area (Å²) in [6.45, 7) is -0.250. The van der Waals surface area contributed by atoms with E-state index >= 15 is 0 Å². The number of aromatic hydroxyl groups is 4. The van der Waals surface area contributed by atoms with Crippen molar-refractivity contribution in [3.8, 4) is 23.0 Å². The fourth-order valence-corrected chi connectivity index (χ4v) is 1.44. The number of carbonyl (C=O) groups is 2. The van der Waals surface area contributed by atoms with Crippen LogP contribution in [-0.2, 0) is 0 Å². The van der Waals surface area contributed by atoms with Gasteiger partial charge in [-0.3, -0.25) is 0 Å². The molecule has 0 atom stereocenters. The number of aromatic carboxylic acids is 2. The number of carboxylic acids is 2. The van der Waals surface area contributed by atoms with Crippen molar-refractivity contribution >= 4 is 11.9 Å². The highest BCUT2D eigenvalue weighted by Gasteiger charge is 2.05.